The van der Waals surface area contributed by atoms with Crippen molar-refractivity contribution in [3.63, 3.8) is 0 Å². The van der Waals surface area contributed by atoms with Crippen LogP contribution in [0.1, 0.15) is 54.2 Å². The minimum Gasteiger partial charge on any atom is -0.373 e. The molecular weight excluding hydrogens is 350 g/mol. The number of nitrogens with one attached hydrogen (secondary N) is 1. The number of aromatic amines is 1. The van der Waals surface area contributed by atoms with E-state index in [0.29, 0.717) is 18.7 Å². The minimum atomic E-state index is -0.371. The van der Waals surface area contributed by atoms with Crippen molar-refractivity contribution in [1.82, 2.24) is 19.5 Å². The number of aromatic nitrogens is 4. The predicted octanol–water partition coefficient (Wildman–Crippen LogP) is 1.99. The van der Waals surface area contributed by atoms with Crippen LogP contribution in [-0.4, -0.2) is 49.5 Å². The van der Waals surface area contributed by atoms with E-state index in [1.807, 2.05) is 41.5 Å². The number of fused-ring (bicyclic) bond motifs is 1. The fraction of sp³-hybridized carbons (Fsp3) is 0.722. The Morgan fingerprint density at radius 3 is 2.63 bits per heavy atom. The van der Waals surface area contributed by atoms with E-state index in [2.05, 4.69) is 15.0 Å². The van der Waals surface area contributed by atoms with Gasteiger partial charge in [0.2, 0.25) is 5.95 Å². The molecule has 1 fully saturated rings. The quantitative estimate of drug-likeness (QED) is 0.834. The molecule has 0 bridgehead atoms. The van der Waals surface area contributed by atoms with Crippen molar-refractivity contribution >= 4 is 17.1 Å². The molecule has 27 heavy (non-hydrogen) atoms. The van der Waals surface area contributed by atoms with Gasteiger partial charge >= 0.3 is 0 Å². The first-order valence-corrected chi connectivity index (χ1v) is 9.12. The van der Waals surface area contributed by atoms with Crippen molar-refractivity contribution in [1.29, 1.82) is 0 Å². The molecule has 0 spiro atoms. The van der Waals surface area contributed by atoms with Gasteiger partial charge in [-0.25, -0.2) is 4.98 Å². The van der Waals surface area contributed by atoms with E-state index in [9.17, 15) is 4.79 Å². The molecule has 1 saturated heterocycles. The predicted molar refractivity (Wildman–Crippen MR) is 101 cm³/mol. The number of hydrogen-bond donors (Lipinski definition) is 2. The molecule has 0 aliphatic carbocycles. The standard InChI is InChI=1S/C18H29N5O4/c1-17(2,3)25-8-11-10(27-18(4,5)6)7-12(26-11)23-9-20-13-14(23)21-16(19)22-15(13)24/h9-12H,7-8H2,1-6H3,(H3,19,21,22,24)/t10-,11-,12-/m1/s1. The normalized spacial score (nSPS) is 24.0. The maximum atomic E-state index is 12.0. The van der Waals surface area contributed by atoms with Crippen LogP contribution in [-0.2, 0) is 14.2 Å². The van der Waals surface area contributed by atoms with Gasteiger partial charge in [-0.15, -0.1) is 0 Å². The Kier molecular flexibility index (Phi) is 5.04. The zero-order valence-electron chi connectivity index (χ0n) is 16.8. The molecule has 0 aromatic carbocycles. The Morgan fingerprint density at radius 1 is 1.30 bits per heavy atom. The molecule has 3 N–H and O–H groups in total. The molecule has 1 aliphatic heterocycles. The van der Waals surface area contributed by atoms with Crippen LogP contribution in [0.15, 0.2) is 11.1 Å². The van der Waals surface area contributed by atoms with Gasteiger partial charge in [-0.05, 0) is 41.5 Å². The lowest BCUT2D eigenvalue weighted by Crippen LogP contribution is -2.37. The topological polar surface area (TPSA) is 117 Å². The first-order valence-electron chi connectivity index (χ1n) is 9.12. The maximum absolute atomic E-state index is 12.0. The lowest BCUT2D eigenvalue weighted by atomic mass is 10.1. The van der Waals surface area contributed by atoms with E-state index < -0.39 is 0 Å². The van der Waals surface area contributed by atoms with Gasteiger partial charge < -0.3 is 19.9 Å². The second kappa shape index (κ2) is 6.88. The van der Waals surface area contributed by atoms with Crippen molar-refractivity contribution in [2.75, 3.05) is 12.3 Å². The van der Waals surface area contributed by atoms with Gasteiger partial charge in [0.05, 0.1) is 30.2 Å². The Labute approximate surface area is 158 Å². The minimum absolute atomic E-state index is 0.0438. The van der Waals surface area contributed by atoms with Crippen LogP contribution in [0, 0.1) is 0 Å². The zero-order valence-corrected chi connectivity index (χ0v) is 16.8. The molecule has 9 nitrogen and oxygen atoms in total. The summed E-state index contributed by atoms with van der Waals surface area (Å²) in [6, 6.07) is 0. The summed E-state index contributed by atoms with van der Waals surface area (Å²) in [7, 11) is 0. The van der Waals surface area contributed by atoms with E-state index >= 15 is 0 Å². The summed E-state index contributed by atoms with van der Waals surface area (Å²) < 4.78 is 20.1. The number of nitrogen functional groups attached to an aromatic ring is 1. The van der Waals surface area contributed by atoms with Crippen molar-refractivity contribution in [2.24, 2.45) is 0 Å². The molecule has 3 heterocycles. The zero-order chi connectivity index (χ0) is 20.0. The Balaban J connectivity index is 1.87. The molecule has 0 saturated carbocycles. The monoisotopic (exact) mass is 379 g/mol. The van der Waals surface area contributed by atoms with Crippen LogP contribution in [0.2, 0.25) is 0 Å². The summed E-state index contributed by atoms with van der Waals surface area (Å²) in [5, 5.41) is 0. The molecule has 0 unspecified atom stereocenters. The van der Waals surface area contributed by atoms with E-state index in [4.69, 9.17) is 19.9 Å². The van der Waals surface area contributed by atoms with Crippen molar-refractivity contribution in [2.45, 2.75) is 77.6 Å². The number of anilines is 1. The lowest BCUT2D eigenvalue weighted by Gasteiger charge is -2.29. The van der Waals surface area contributed by atoms with Crippen molar-refractivity contribution in [3.8, 4) is 0 Å². The average Bonchev–Trinajstić information content (AvgIpc) is 3.06. The summed E-state index contributed by atoms with van der Waals surface area (Å²) >= 11 is 0. The van der Waals surface area contributed by atoms with Crippen molar-refractivity contribution < 1.29 is 14.2 Å². The molecule has 9 heteroatoms. The molecule has 2 aromatic heterocycles. The van der Waals surface area contributed by atoms with Crippen LogP contribution in [0.5, 0.6) is 0 Å². The first-order chi connectivity index (χ1) is 12.4. The third kappa shape index (κ3) is 4.66. The Hall–Kier alpha value is -1.97. The largest absolute Gasteiger partial charge is 0.373 e. The Bertz CT molecular complexity index is 861. The number of ether oxygens (including phenoxy) is 3. The average molecular weight is 379 g/mol. The van der Waals surface area contributed by atoms with Gasteiger partial charge in [-0.3, -0.25) is 14.3 Å². The maximum Gasteiger partial charge on any atom is 0.280 e. The molecule has 0 amide bonds. The van der Waals surface area contributed by atoms with Gasteiger partial charge in [0.1, 0.15) is 12.3 Å². The van der Waals surface area contributed by atoms with Crippen LogP contribution >= 0.6 is 0 Å². The summed E-state index contributed by atoms with van der Waals surface area (Å²) in [6.07, 6.45) is 1.37. The van der Waals surface area contributed by atoms with Crippen LogP contribution in [0.4, 0.5) is 5.95 Å². The molecule has 3 rings (SSSR count). The highest BCUT2D eigenvalue weighted by Gasteiger charge is 2.40. The van der Waals surface area contributed by atoms with E-state index in [0.717, 1.165) is 0 Å². The number of hydrogen-bond acceptors (Lipinski definition) is 7. The van der Waals surface area contributed by atoms with Crippen molar-refractivity contribution in [3.05, 3.63) is 16.7 Å². The van der Waals surface area contributed by atoms with Crippen LogP contribution in [0.25, 0.3) is 11.2 Å². The number of H-pyrrole nitrogens is 1. The third-order valence-corrected chi connectivity index (χ3v) is 4.13. The summed E-state index contributed by atoms with van der Waals surface area (Å²) in [5.41, 5.74) is 5.35. The number of imidazole rings is 1. The smallest absolute Gasteiger partial charge is 0.280 e. The number of nitrogens with two attached hydrogens (primary N) is 1. The fourth-order valence-corrected chi connectivity index (χ4v) is 3.09. The first kappa shape index (κ1) is 19.8. The summed E-state index contributed by atoms with van der Waals surface area (Å²) in [6.45, 7) is 12.4. The van der Waals surface area contributed by atoms with E-state index in [1.54, 1.807) is 10.9 Å². The number of nitrogens with zero attached hydrogens (tertiary/aromatic N) is 3. The lowest BCUT2D eigenvalue weighted by molar-refractivity contribution is -0.132. The van der Waals surface area contributed by atoms with Gasteiger partial charge in [-0.1, -0.05) is 0 Å². The van der Waals surface area contributed by atoms with Gasteiger partial charge in [0, 0.05) is 6.42 Å². The highest BCUT2D eigenvalue weighted by Crippen LogP contribution is 2.35. The second-order valence-electron chi connectivity index (χ2n) is 8.83. The van der Waals surface area contributed by atoms with Gasteiger partial charge in [0.15, 0.2) is 11.2 Å². The van der Waals surface area contributed by atoms with Gasteiger partial charge in [0.25, 0.3) is 5.56 Å². The molecule has 3 atom stereocenters. The summed E-state index contributed by atoms with van der Waals surface area (Å²) in [4.78, 5) is 22.9. The Morgan fingerprint density at radius 2 is 2.00 bits per heavy atom. The molecule has 1 aliphatic rings. The fourth-order valence-electron chi connectivity index (χ4n) is 3.09. The van der Waals surface area contributed by atoms with Crippen LogP contribution in [0.3, 0.4) is 0 Å². The van der Waals surface area contributed by atoms with E-state index in [-0.39, 0.29) is 46.7 Å². The number of rotatable bonds is 4. The van der Waals surface area contributed by atoms with E-state index in [1.165, 1.54) is 0 Å². The van der Waals surface area contributed by atoms with Crippen LogP contribution < -0.4 is 11.3 Å². The molecule has 2 aromatic rings. The summed E-state index contributed by atoms with van der Waals surface area (Å²) in [5.74, 6) is 0.0438. The second-order valence-corrected chi connectivity index (χ2v) is 8.83. The van der Waals surface area contributed by atoms with Gasteiger partial charge in [-0.2, -0.15) is 4.98 Å². The molecular formula is C18H29N5O4. The highest BCUT2D eigenvalue weighted by atomic mass is 16.6. The SMILES string of the molecule is CC(C)(C)OC[C@H]1O[C@@H](n2cnc3c(=O)[nH]c(N)nc32)C[C@H]1OC(C)(C)C. The third-order valence-electron chi connectivity index (χ3n) is 4.13. The molecule has 0 radical (unpaired) electrons. The highest BCUT2D eigenvalue weighted by molar-refractivity contribution is 5.70. The molecule has 150 valence electrons.